The molecule has 20 heavy (non-hydrogen) atoms. The van der Waals surface area contributed by atoms with Gasteiger partial charge in [0.05, 0.1) is 0 Å². The first kappa shape index (κ1) is 15.9. The molecule has 2 heteroatoms. The average Bonchev–Trinajstić information content (AvgIpc) is 2.42. The van der Waals surface area contributed by atoms with Crippen LogP contribution in [-0.2, 0) is 6.42 Å². The predicted molar refractivity (Wildman–Crippen MR) is 88.4 cm³/mol. The lowest BCUT2D eigenvalue weighted by Gasteiger charge is -2.46. The summed E-state index contributed by atoms with van der Waals surface area (Å²) in [5.41, 5.74) is 1.59. The fraction of sp³-hybridized carbons (Fsp3) is 0.667. The first-order chi connectivity index (χ1) is 9.44. The number of likely N-dealkylation sites (N-methyl/N-ethyl adjacent to an activating group) is 1. The zero-order valence-corrected chi connectivity index (χ0v) is 14.1. The van der Waals surface area contributed by atoms with Gasteiger partial charge in [-0.25, -0.2) is 0 Å². The monoisotopic (exact) mass is 293 g/mol. The highest BCUT2D eigenvalue weighted by Gasteiger charge is 2.38. The van der Waals surface area contributed by atoms with Gasteiger partial charge in [-0.1, -0.05) is 43.6 Å². The van der Waals surface area contributed by atoms with Crippen LogP contribution in [0.3, 0.4) is 0 Å². The molecule has 0 N–H and O–H groups in total. The Labute approximate surface area is 129 Å². The summed E-state index contributed by atoms with van der Waals surface area (Å²) in [6.07, 6.45) is 6.34. The van der Waals surface area contributed by atoms with E-state index in [-0.39, 0.29) is 5.54 Å². The summed E-state index contributed by atoms with van der Waals surface area (Å²) in [6.45, 7) is 4.72. The minimum absolute atomic E-state index is 0.288. The third-order valence-electron chi connectivity index (χ3n) is 5.33. The molecule has 0 bridgehead atoms. The highest BCUT2D eigenvalue weighted by molar-refractivity contribution is 6.31. The van der Waals surface area contributed by atoms with Crippen molar-refractivity contribution >= 4 is 11.6 Å². The van der Waals surface area contributed by atoms with Gasteiger partial charge in [0.15, 0.2) is 0 Å². The fourth-order valence-corrected chi connectivity index (χ4v) is 3.83. The third kappa shape index (κ3) is 3.38. The molecule has 1 saturated carbocycles. The van der Waals surface area contributed by atoms with Crippen LogP contribution in [0.15, 0.2) is 24.3 Å². The lowest BCUT2D eigenvalue weighted by atomic mass is 9.70. The van der Waals surface area contributed by atoms with Gasteiger partial charge in [0.25, 0.3) is 0 Å². The highest BCUT2D eigenvalue weighted by Crippen LogP contribution is 2.41. The average molecular weight is 294 g/mol. The van der Waals surface area contributed by atoms with Crippen LogP contribution in [0, 0.1) is 11.8 Å². The van der Waals surface area contributed by atoms with Gasteiger partial charge in [-0.05, 0) is 69.7 Å². The van der Waals surface area contributed by atoms with Crippen molar-refractivity contribution < 1.29 is 0 Å². The number of rotatable bonds is 4. The Hall–Kier alpha value is -0.530. The van der Waals surface area contributed by atoms with E-state index in [1.54, 1.807) is 0 Å². The van der Waals surface area contributed by atoms with Crippen LogP contribution in [0.25, 0.3) is 0 Å². The minimum atomic E-state index is 0.288. The van der Waals surface area contributed by atoms with Crippen LogP contribution >= 0.6 is 11.6 Å². The molecule has 1 aromatic rings. The third-order valence-corrected chi connectivity index (χ3v) is 5.70. The van der Waals surface area contributed by atoms with Gasteiger partial charge in [-0.3, -0.25) is 0 Å². The molecular weight excluding hydrogens is 266 g/mol. The molecule has 0 saturated heterocycles. The molecule has 1 fully saturated rings. The normalized spacial score (nSPS) is 27.2. The van der Waals surface area contributed by atoms with E-state index in [2.05, 4.69) is 45.0 Å². The number of halogens is 1. The number of benzene rings is 1. The number of nitrogens with zero attached hydrogens (tertiary/aromatic N) is 1. The van der Waals surface area contributed by atoms with E-state index in [0.717, 1.165) is 23.3 Å². The molecule has 1 aromatic carbocycles. The maximum atomic E-state index is 6.37. The molecule has 0 atom stereocenters. The van der Waals surface area contributed by atoms with Crippen LogP contribution in [0.2, 0.25) is 5.02 Å². The minimum Gasteiger partial charge on any atom is -0.303 e. The van der Waals surface area contributed by atoms with Crippen LogP contribution in [0.5, 0.6) is 0 Å². The van der Waals surface area contributed by atoms with Crippen molar-refractivity contribution in [3.8, 4) is 0 Å². The van der Waals surface area contributed by atoms with E-state index in [4.69, 9.17) is 11.6 Å². The van der Waals surface area contributed by atoms with Gasteiger partial charge in [0.2, 0.25) is 0 Å². The van der Waals surface area contributed by atoms with E-state index in [1.807, 2.05) is 12.1 Å². The van der Waals surface area contributed by atoms with Crippen molar-refractivity contribution in [2.75, 3.05) is 14.1 Å². The molecule has 1 aliphatic rings. The van der Waals surface area contributed by atoms with E-state index in [1.165, 1.54) is 31.2 Å². The Kier molecular flexibility index (Phi) is 5.14. The Morgan fingerprint density at radius 1 is 1.20 bits per heavy atom. The van der Waals surface area contributed by atoms with Crippen molar-refractivity contribution in [2.45, 2.75) is 51.5 Å². The fourth-order valence-electron chi connectivity index (χ4n) is 3.62. The molecule has 1 aliphatic carbocycles. The molecule has 112 valence electrons. The van der Waals surface area contributed by atoms with Crippen molar-refractivity contribution in [1.29, 1.82) is 0 Å². The Morgan fingerprint density at radius 3 is 2.30 bits per heavy atom. The SMILES string of the molecule is CC(C)C1CCC(Cc2ccccc2Cl)(N(C)C)CC1. The molecule has 0 spiro atoms. The Bertz CT molecular complexity index is 431. The summed E-state index contributed by atoms with van der Waals surface area (Å²) in [5.74, 6) is 1.71. The molecule has 1 nitrogen and oxygen atoms in total. The second-order valence-electron chi connectivity index (χ2n) is 6.97. The predicted octanol–water partition coefficient (Wildman–Crippen LogP) is 5.03. The van der Waals surface area contributed by atoms with Crippen molar-refractivity contribution in [3.05, 3.63) is 34.9 Å². The Morgan fingerprint density at radius 2 is 1.80 bits per heavy atom. The smallest absolute Gasteiger partial charge is 0.0438 e. The summed E-state index contributed by atoms with van der Waals surface area (Å²) in [7, 11) is 4.46. The molecule has 0 amide bonds. The second-order valence-corrected chi connectivity index (χ2v) is 7.38. The summed E-state index contributed by atoms with van der Waals surface area (Å²) in [6, 6.07) is 8.32. The maximum Gasteiger partial charge on any atom is 0.0438 e. The molecule has 0 heterocycles. The standard InChI is InChI=1S/C18H28ClN/c1-14(2)15-9-11-18(12-10-15,20(3)4)13-16-7-5-6-8-17(16)19/h5-8,14-15H,9-13H2,1-4H3. The van der Waals surface area contributed by atoms with Crippen molar-refractivity contribution in [2.24, 2.45) is 11.8 Å². The zero-order valence-electron chi connectivity index (χ0n) is 13.3. The first-order valence-corrected chi connectivity index (χ1v) is 8.23. The quantitative estimate of drug-likeness (QED) is 0.752. The van der Waals surface area contributed by atoms with Gasteiger partial charge in [-0.2, -0.15) is 0 Å². The Balaban J connectivity index is 2.14. The topological polar surface area (TPSA) is 3.24 Å². The first-order valence-electron chi connectivity index (χ1n) is 7.85. The van der Waals surface area contributed by atoms with Crippen molar-refractivity contribution in [3.63, 3.8) is 0 Å². The van der Waals surface area contributed by atoms with E-state index >= 15 is 0 Å². The summed E-state index contributed by atoms with van der Waals surface area (Å²) in [5, 5.41) is 0.916. The van der Waals surface area contributed by atoms with Crippen LogP contribution < -0.4 is 0 Å². The van der Waals surface area contributed by atoms with Crippen LogP contribution in [0.1, 0.15) is 45.1 Å². The molecule has 0 aromatic heterocycles. The lowest BCUT2D eigenvalue weighted by molar-refractivity contribution is 0.0683. The zero-order chi connectivity index (χ0) is 14.8. The van der Waals surface area contributed by atoms with Gasteiger partial charge in [0, 0.05) is 10.6 Å². The van der Waals surface area contributed by atoms with Crippen molar-refractivity contribution in [1.82, 2.24) is 4.90 Å². The summed E-state index contributed by atoms with van der Waals surface area (Å²) < 4.78 is 0. The molecule has 2 rings (SSSR count). The lowest BCUT2D eigenvalue weighted by Crippen LogP contribution is -2.49. The van der Waals surface area contributed by atoms with Gasteiger partial charge < -0.3 is 4.90 Å². The molecule has 0 radical (unpaired) electrons. The van der Waals surface area contributed by atoms with Crippen LogP contribution in [0.4, 0.5) is 0 Å². The summed E-state index contributed by atoms with van der Waals surface area (Å²) >= 11 is 6.37. The summed E-state index contributed by atoms with van der Waals surface area (Å²) in [4.78, 5) is 2.44. The van der Waals surface area contributed by atoms with Crippen LogP contribution in [-0.4, -0.2) is 24.5 Å². The largest absolute Gasteiger partial charge is 0.303 e. The number of hydrogen-bond donors (Lipinski definition) is 0. The maximum absolute atomic E-state index is 6.37. The molecular formula is C18H28ClN. The van der Waals surface area contributed by atoms with E-state index in [9.17, 15) is 0 Å². The van der Waals surface area contributed by atoms with Gasteiger partial charge >= 0.3 is 0 Å². The van der Waals surface area contributed by atoms with Gasteiger partial charge in [0.1, 0.15) is 0 Å². The molecule has 0 unspecified atom stereocenters. The van der Waals surface area contributed by atoms with Gasteiger partial charge in [-0.15, -0.1) is 0 Å². The van der Waals surface area contributed by atoms with E-state index in [0.29, 0.717) is 0 Å². The second kappa shape index (κ2) is 6.49. The highest BCUT2D eigenvalue weighted by atomic mass is 35.5. The van der Waals surface area contributed by atoms with E-state index < -0.39 is 0 Å². The molecule has 0 aliphatic heterocycles. The number of hydrogen-bond acceptors (Lipinski definition) is 1.